The van der Waals surface area contributed by atoms with Gasteiger partial charge in [-0.3, -0.25) is 4.79 Å². The zero-order chi connectivity index (χ0) is 9.68. The lowest BCUT2D eigenvalue weighted by Gasteiger charge is -1.92. The Morgan fingerprint density at radius 2 is 2.54 bits per heavy atom. The number of H-pyrrole nitrogens is 1. The molecular formula is C6H9N3O3S. The number of hydrogen-bond donors (Lipinski definition) is 2. The largest absolute Gasteiger partial charge is 0.481 e. The minimum absolute atomic E-state index is 0.0522. The lowest BCUT2D eigenvalue weighted by atomic mass is 10.8. The molecule has 1 aromatic heterocycles. The number of hydrogen-bond acceptors (Lipinski definition) is 5. The molecule has 6 nitrogen and oxygen atoms in total. The summed E-state index contributed by atoms with van der Waals surface area (Å²) in [5.41, 5.74) is 0. The van der Waals surface area contributed by atoms with Gasteiger partial charge in [0.05, 0.1) is 12.4 Å². The first-order valence-corrected chi connectivity index (χ1v) is 4.60. The van der Waals surface area contributed by atoms with Crippen molar-refractivity contribution >= 4 is 17.7 Å². The first kappa shape index (κ1) is 9.85. The van der Waals surface area contributed by atoms with Gasteiger partial charge in [-0.05, 0) is 6.92 Å². The molecule has 0 aromatic carbocycles. The van der Waals surface area contributed by atoms with Gasteiger partial charge in [-0.15, -0.1) is 5.10 Å². The zero-order valence-electron chi connectivity index (χ0n) is 6.98. The molecule has 0 aliphatic rings. The Morgan fingerprint density at radius 3 is 3.15 bits per heavy atom. The van der Waals surface area contributed by atoms with Crippen LogP contribution >= 0.6 is 11.8 Å². The minimum Gasteiger partial charge on any atom is -0.481 e. The highest BCUT2D eigenvalue weighted by Gasteiger charge is 2.05. The maximum Gasteiger partial charge on any atom is 0.313 e. The van der Waals surface area contributed by atoms with E-state index < -0.39 is 5.97 Å². The number of aromatic amines is 1. The second-order valence-corrected chi connectivity index (χ2v) is 2.98. The fraction of sp³-hybridized carbons (Fsp3) is 0.500. The second-order valence-electron chi connectivity index (χ2n) is 2.04. The number of nitrogens with one attached hydrogen (secondary N) is 1. The number of aromatic nitrogens is 3. The fourth-order valence-electron chi connectivity index (χ4n) is 0.625. The maximum atomic E-state index is 10.2. The number of rotatable bonds is 5. The first-order valence-electron chi connectivity index (χ1n) is 3.62. The summed E-state index contributed by atoms with van der Waals surface area (Å²) in [4.78, 5) is 14.1. The van der Waals surface area contributed by atoms with Crippen LogP contribution in [-0.2, 0) is 4.79 Å². The number of carboxylic acids is 1. The number of carboxylic acid groups (broad SMARTS) is 1. The van der Waals surface area contributed by atoms with E-state index in [2.05, 4.69) is 15.2 Å². The van der Waals surface area contributed by atoms with Gasteiger partial charge in [0, 0.05) is 0 Å². The van der Waals surface area contributed by atoms with Crippen molar-refractivity contribution in [3.8, 4) is 6.01 Å². The molecule has 0 aliphatic heterocycles. The quantitative estimate of drug-likeness (QED) is 0.672. The van der Waals surface area contributed by atoms with Gasteiger partial charge in [0.1, 0.15) is 0 Å². The van der Waals surface area contributed by atoms with E-state index in [1.54, 1.807) is 0 Å². The third kappa shape index (κ3) is 3.32. The molecule has 0 fully saturated rings. The molecule has 0 bridgehead atoms. The van der Waals surface area contributed by atoms with Gasteiger partial charge in [-0.2, -0.15) is 4.98 Å². The molecule has 0 radical (unpaired) electrons. The number of aliphatic carboxylic acids is 1. The summed E-state index contributed by atoms with van der Waals surface area (Å²) in [6.07, 6.45) is 0. The molecule has 7 heteroatoms. The molecular weight excluding hydrogens is 194 g/mol. The third-order valence-electron chi connectivity index (χ3n) is 1.05. The number of ether oxygens (including phenoxy) is 1. The van der Waals surface area contributed by atoms with Crippen molar-refractivity contribution in [1.29, 1.82) is 0 Å². The molecule has 72 valence electrons. The molecule has 0 unspecified atom stereocenters. The topological polar surface area (TPSA) is 88.1 Å². The Bertz CT molecular complexity index is 288. The molecule has 0 atom stereocenters. The minimum atomic E-state index is -0.896. The Labute approximate surface area is 78.7 Å². The van der Waals surface area contributed by atoms with E-state index in [9.17, 15) is 4.79 Å². The molecule has 0 spiro atoms. The van der Waals surface area contributed by atoms with Crippen LogP contribution in [0.25, 0.3) is 0 Å². The first-order chi connectivity index (χ1) is 6.22. The third-order valence-corrected chi connectivity index (χ3v) is 1.88. The van der Waals surface area contributed by atoms with Crippen molar-refractivity contribution in [2.45, 2.75) is 12.1 Å². The fourth-order valence-corrected chi connectivity index (χ4v) is 1.13. The smallest absolute Gasteiger partial charge is 0.313 e. The lowest BCUT2D eigenvalue weighted by molar-refractivity contribution is -0.133. The average Bonchev–Trinajstić information content (AvgIpc) is 2.50. The van der Waals surface area contributed by atoms with E-state index in [1.807, 2.05) is 6.92 Å². The zero-order valence-corrected chi connectivity index (χ0v) is 7.80. The highest BCUT2D eigenvalue weighted by Crippen LogP contribution is 2.14. The van der Waals surface area contributed by atoms with E-state index >= 15 is 0 Å². The van der Waals surface area contributed by atoms with Gasteiger partial charge in [-0.1, -0.05) is 11.8 Å². The van der Waals surface area contributed by atoms with Crippen LogP contribution < -0.4 is 4.74 Å². The molecule has 1 aromatic rings. The normalized spacial score (nSPS) is 9.92. The molecule has 0 amide bonds. The Kier molecular flexibility index (Phi) is 3.56. The van der Waals surface area contributed by atoms with E-state index in [0.29, 0.717) is 17.8 Å². The monoisotopic (exact) mass is 203 g/mol. The molecule has 0 saturated carbocycles. The van der Waals surface area contributed by atoms with Crippen molar-refractivity contribution in [2.75, 3.05) is 12.4 Å². The molecule has 2 N–H and O–H groups in total. The van der Waals surface area contributed by atoms with Crippen LogP contribution in [0.15, 0.2) is 5.16 Å². The predicted molar refractivity (Wildman–Crippen MR) is 45.9 cm³/mol. The highest BCUT2D eigenvalue weighted by atomic mass is 32.2. The van der Waals surface area contributed by atoms with Crippen LogP contribution in [0.1, 0.15) is 6.92 Å². The molecule has 13 heavy (non-hydrogen) atoms. The Morgan fingerprint density at radius 1 is 1.77 bits per heavy atom. The summed E-state index contributed by atoms with van der Waals surface area (Å²) in [6, 6.07) is 0.315. The van der Waals surface area contributed by atoms with Gasteiger partial charge in [0.15, 0.2) is 0 Å². The highest BCUT2D eigenvalue weighted by molar-refractivity contribution is 7.99. The molecule has 0 aliphatic carbocycles. The van der Waals surface area contributed by atoms with Gasteiger partial charge in [-0.25, -0.2) is 5.10 Å². The van der Waals surface area contributed by atoms with Crippen LogP contribution in [0.5, 0.6) is 6.01 Å². The number of thioether (sulfide) groups is 1. The van der Waals surface area contributed by atoms with Crippen molar-refractivity contribution in [1.82, 2.24) is 15.2 Å². The lowest BCUT2D eigenvalue weighted by Crippen LogP contribution is -1.97. The van der Waals surface area contributed by atoms with Gasteiger partial charge in [0.25, 0.3) is 0 Å². The van der Waals surface area contributed by atoms with Gasteiger partial charge < -0.3 is 9.84 Å². The second kappa shape index (κ2) is 4.70. The van der Waals surface area contributed by atoms with Crippen LogP contribution in [0.2, 0.25) is 0 Å². The predicted octanol–water partition coefficient (Wildman–Crippen LogP) is 0.380. The van der Waals surface area contributed by atoms with E-state index in [0.717, 1.165) is 11.8 Å². The van der Waals surface area contributed by atoms with Gasteiger partial charge in [0.2, 0.25) is 5.16 Å². The van der Waals surface area contributed by atoms with Crippen LogP contribution in [0.4, 0.5) is 0 Å². The number of nitrogens with zero attached hydrogens (tertiary/aromatic N) is 2. The summed E-state index contributed by atoms with van der Waals surface area (Å²) in [6.45, 7) is 2.32. The summed E-state index contributed by atoms with van der Waals surface area (Å²) in [5.74, 6) is -0.948. The Hall–Kier alpha value is -1.24. The van der Waals surface area contributed by atoms with Gasteiger partial charge >= 0.3 is 12.0 Å². The molecule has 0 saturated heterocycles. The summed E-state index contributed by atoms with van der Waals surface area (Å²) >= 11 is 1.04. The summed E-state index contributed by atoms with van der Waals surface area (Å²) in [7, 11) is 0. The summed E-state index contributed by atoms with van der Waals surface area (Å²) in [5, 5.41) is 15.0. The number of carbonyl (C=O) groups is 1. The van der Waals surface area contributed by atoms with E-state index in [1.165, 1.54) is 0 Å². The Balaban J connectivity index is 2.44. The molecule has 1 rings (SSSR count). The van der Waals surface area contributed by atoms with Crippen LogP contribution in [0.3, 0.4) is 0 Å². The van der Waals surface area contributed by atoms with Crippen molar-refractivity contribution in [3.05, 3.63) is 0 Å². The average molecular weight is 203 g/mol. The van der Waals surface area contributed by atoms with Crippen molar-refractivity contribution in [2.24, 2.45) is 0 Å². The standard InChI is InChI=1S/C6H9N3O3S/c1-2-12-5-7-6(9-8-5)13-3-4(10)11/h2-3H2,1H3,(H,10,11)(H,7,8,9). The maximum absolute atomic E-state index is 10.2. The van der Waals surface area contributed by atoms with Crippen molar-refractivity contribution < 1.29 is 14.6 Å². The summed E-state index contributed by atoms with van der Waals surface area (Å²) < 4.78 is 5.00. The molecule has 1 heterocycles. The van der Waals surface area contributed by atoms with Crippen LogP contribution in [0, 0.1) is 0 Å². The van der Waals surface area contributed by atoms with Crippen molar-refractivity contribution in [3.63, 3.8) is 0 Å². The van der Waals surface area contributed by atoms with E-state index in [-0.39, 0.29) is 5.75 Å². The van der Waals surface area contributed by atoms with Crippen LogP contribution in [-0.4, -0.2) is 38.6 Å². The van der Waals surface area contributed by atoms with E-state index in [4.69, 9.17) is 9.84 Å². The SMILES string of the molecule is CCOc1nc(SCC(=O)O)n[nH]1.